The zero-order valence-electron chi connectivity index (χ0n) is 11.4. The molecule has 2 rings (SSSR count). The Morgan fingerprint density at radius 2 is 2.20 bits per heavy atom. The lowest BCUT2D eigenvalue weighted by Gasteiger charge is -2.33. The number of nitrogen functional groups attached to an aromatic ring is 1. The average Bonchev–Trinajstić information content (AvgIpc) is 2.40. The molecule has 1 aliphatic heterocycles. The number of hydrogen-bond donors (Lipinski definition) is 2. The van der Waals surface area contributed by atoms with Crippen LogP contribution in [0.15, 0.2) is 18.2 Å². The van der Waals surface area contributed by atoms with Crippen LogP contribution in [0.2, 0.25) is 0 Å². The highest BCUT2D eigenvalue weighted by molar-refractivity contribution is 5.95. The van der Waals surface area contributed by atoms with E-state index in [2.05, 4.69) is 5.32 Å². The summed E-state index contributed by atoms with van der Waals surface area (Å²) in [5.41, 5.74) is 5.81. The van der Waals surface area contributed by atoms with Gasteiger partial charge in [0.05, 0.1) is 5.69 Å². The summed E-state index contributed by atoms with van der Waals surface area (Å²) in [4.78, 5) is 25.1. The number of halogens is 1. The summed E-state index contributed by atoms with van der Waals surface area (Å²) in [6.07, 6.45) is 1.68. The number of rotatable bonds is 2. The van der Waals surface area contributed by atoms with Crippen molar-refractivity contribution in [3.8, 4) is 0 Å². The van der Waals surface area contributed by atoms with Crippen LogP contribution in [0.4, 0.5) is 10.1 Å². The Morgan fingerprint density at radius 3 is 2.85 bits per heavy atom. The Labute approximate surface area is 116 Å². The van der Waals surface area contributed by atoms with E-state index in [-0.39, 0.29) is 23.5 Å². The topological polar surface area (TPSA) is 75.4 Å². The van der Waals surface area contributed by atoms with Crippen molar-refractivity contribution in [1.82, 2.24) is 10.2 Å². The highest BCUT2D eigenvalue weighted by Crippen LogP contribution is 2.17. The van der Waals surface area contributed by atoms with E-state index in [1.165, 1.54) is 25.1 Å². The molecule has 0 aromatic heterocycles. The van der Waals surface area contributed by atoms with Crippen molar-refractivity contribution < 1.29 is 14.0 Å². The van der Waals surface area contributed by atoms with E-state index in [9.17, 15) is 14.0 Å². The lowest BCUT2D eigenvalue weighted by atomic mass is 10.0. The SMILES string of the molecule is CC(=O)NC1CCCN(C(=O)c2ccc(F)c(N)c2)C1. The molecule has 6 heteroatoms. The Bertz CT molecular complexity index is 533. The van der Waals surface area contributed by atoms with E-state index in [1.807, 2.05) is 0 Å². The molecule has 20 heavy (non-hydrogen) atoms. The maximum atomic E-state index is 13.1. The molecule has 1 aromatic rings. The van der Waals surface area contributed by atoms with Crippen molar-refractivity contribution in [2.75, 3.05) is 18.8 Å². The van der Waals surface area contributed by atoms with Gasteiger partial charge < -0.3 is 16.0 Å². The number of piperidine rings is 1. The fourth-order valence-electron chi connectivity index (χ4n) is 2.43. The van der Waals surface area contributed by atoms with Crippen LogP contribution >= 0.6 is 0 Å². The normalized spacial score (nSPS) is 18.7. The zero-order valence-corrected chi connectivity index (χ0v) is 11.4. The molecule has 1 heterocycles. The molecule has 5 nitrogen and oxygen atoms in total. The van der Waals surface area contributed by atoms with Gasteiger partial charge in [-0.1, -0.05) is 0 Å². The zero-order chi connectivity index (χ0) is 14.7. The van der Waals surface area contributed by atoms with Gasteiger partial charge in [0, 0.05) is 31.6 Å². The number of anilines is 1. The Balaban J connectivity index is 2.08. The van der Waals surface area contributed by atoms with Crippen molar-refractivity contribution >= 4 is 17.5 Å². The molecule has 1 aromatic carbocycles. The molecular weight excluding hydrogens is 261 g/mol. The largest absolute Gasteiger partial charge is 0.396 e. The van der Waals surface area contributed by atoms with Crippen molar-refractivity contribution in [2.45, 2.75) is 25.8 Å². The third kappa shape index (κ3) is 3.26. The van der Waals surface area contributed by atoms with Crippen LogP contribution in [-0.2, 0) is 4.79 Å². The molecule has 1 aliphatic rings. The maximum absolute atomic E-state index is 13.1. The van der Waals surface area contributed by atoms with Gasteiger partial charge >= 0.3 is 0 Å². The number of carbonyl (C=O) groups excluding carboxylic acids is 2. The molecule has 0 aliphatic carbocycles. The average molecular weight is 279 g/mol. The highest BCUT2D eigenvalue weighted by Gasteiger charge is 2.25. The van der Waals surface area contributed by atoms with Crippen LogP contribution in [0, 0.1) is 5.82 Å². The first-order chi connectivity index (χ1) is 9.47. The summed E-state index contributed by atoms with van der Waals surface area (Å²) in [6, 6.07) is 3.94. The van der Waals surface area contributed by atoms with Crippen LogP contribution in [0.1, 0.15) is 30.1 Å². The Hall–Kier alpha value is -2.11. The van der Waals surface area contributed by atoms with E-state index in [0.29, 0.717) is 18.7 Å². The van der Waals surface area contributed by atoms with Crippen molar-refractivity contribution in [1.29, 1.82) is 0 Å². The minimum atomic E-state index is -0.531. The van der Waals surface area contributed by atoms with Gasteiger partial charge in [-0.2, -0.15) is 0 Å². The lowest BCUT2D eigenvalue weighted by Crippen LogP contribution is -2.49. The van der Waals surface area contributed by atoms with Gasteiger partial charge in [0.15, 0.2) is 0 Å². The number of carbonyl (C=O) groups is 2. The van der Waals surface area contributed by atoms with Crippen LogP contribution in [-0.4, -0.2) is 35.8 Å². The first-order valence-electron chi connectivity index (χ1n) is 6.59. The Morgan fingerprint density at radius 1 is 1.45 bits per heavy atom. The molecule has 0 spiro atoms. The van der Waals surface area contributed by atoms with Crippen LogP contribution in [0.3, 0.4) is 0 Å². The standard InChI is InChI=1S/C14H18FN3O2/c1-9(19)17-11-3-2-6-18(8-11)14(20)10-4-5-12(15)13(16)7-10/h4-5,7,11H,2-3,6,8,16H2,1H3,(H,17,19). The first-order valence-corrected chi connectivity index (χ1v) is 6.59. The second-order valence-electron chi connectivity index (χ2n) is 5.03. The van der Waals surface area contributed by atoms with Crippen molar-refractivity contribution in [3.63, 3.8) is 0 Å². The third-order valence-electron chi connectivity index (χ3n) is 3.36. The van der Waals surface area contributed by atoms with E-state index >= 15 is 0 Å². The van der Waals surface area contributed by atoms with Gasteiger partial charge in [-0.15, -0.1) is 0 Å². The number of hydrogen-bond acceptors (Lipinski definition) is 3. The number of nitrogens with two attached hydrogens (primary N) is 1. The van der Waals surface area contributed by atoms with E-state index in [0.717, 1.165) is 12.8 Å². The summed E-state index contributed by atoms with van der Waals surface area (Å²) in [5.74, 6) is -0.821. The van der Waals surface area contributed by atoms with E-state index < -0.39 is 5.82 Å². The quantitative estimate of drug-likeness (QED) is 0.797. The van der Waals surface area contributed by atoms with E-state index in [1.54, 1.807) is 4.90 Å². The number of likely N-dealkylation sites (tertiary alicyclic amines) is 1. The highest BCUT2D eigenvalue weighted by atomic mass is 19.1. The smallest absolute Gasteiger partial charge is 0.254 e. The molecule has 3 N–H and O–H groups in total. The number of nitrogens with zero attached hydrogens (tertiary/aromatic N) is 1. The minimum absolute atomic E-state index is 0.0250. The molecule has 1 fully saturated rings. The fourth-order valence-corrected chi connectivity index (χ4v) is 2.43. The second-order valence-corrected chi connectivity index (χ2v) is 5.03. The summed E-state index contributed by atoms with van der Waals surface area (Å²) in [5, 5.41) is 2.82. The van der Waals surface area contributed by atoms with Crippen LogP contribution < -0.4 is 11.1 Å². The van der Waals surface area contributed by atoms with Crippen molar-refractivity contribution in [3.05, 3.63) is 29.6 Å². The van der Waals surface area contributed by atoms with Gasteiger partial charge in [0.1, 0.15) is 5.82 Å². The van der Waals surface area contributed by atoms with E-state index in [4.69, 9.17) is 5.73 Å². The van der Waals surface area contributed by atoms with Gasteiger partial charge in [-0.25, -0.2) is 4.39 Å². The van der Waals surface area contributed by atoms with Crippen LogP contribution in [0.25, 0.3) is 0 Å². The van der Waals surface area contributed by atoms with Gasteiger partial charge in [0.2, 0.25) is 5.91 Å². The molecule has 0 bridgehead atoms. The molecule has 1 atom stereocenters. The molecule has 0 radical (unpaired) electrons. The van der Waals surface area contributed by atoms with Crippen molar-refractivity contribution in [2.24, 2.45) is 0 Å². The molecule has 108 valence electrons. The first kappa shape index (κ1) is 14.3. The predicted octanol–water partition coefficient (Wildman–Crippen LogP) is 1.15. The molecular formula is C14H18FN3O2. The Kier molecular flexibility index (Phi) is 4.22. The number of nitrogens with one attached hydrogen (secondary N) is 1. The molecule has 0 saturated carbocycles. The third-order valence-corrected chi connectivity index (χ3v) is 3.36. The monoisotopic (exact) mass is 279 g/mol. The number of amides is 2. The van der Waals surface area contributed by atoms with Gasteiger partial charge in [-0.05, 0) is 31.0 Å². The number of benzene rings is 1. The maximum Gasteiger partial charge on any atom is 0.254 e. The summed E-state index contributed by atoms with van der Waals surface area (Å²) >= 11 is 0. The lowest BCUT2D eigenvalue weighted by molar-refractivity contribution is -0.120. The van der Waals surface area contributed by atoms with Gasteiger partial charge in [0.25, 0.3) is 5.91 Å². The van der Waals surface area contributed by atoms with Gasteiger partial charge in [-0.3, -0.25) is 9.59 Å². The summed E-state index contributed by atoms with van der Waals surface area (Å²) in [7, 11) is 0. The predicted molar refractivity (Wildman–Crippen MR) is 73.6 cm³/mol. The molecule has 1 saturated heterocycles. The summed E-state index contributed by atoms with van der Waals surface area (Å²) < 4.78 is 13.1. The summed E-state index contributed by atoms with van der Waals surface area (Å²) in [6.45, 7) is 2.56. The fraction of sp³-hybridized carbons (Fsp3) is 0.429. The second kappa shape index (κ2) is 5.90. The molecule has 1 unspecified atom stereocenters. The minimum Gasteiger partial charge on any atom is -0.396 e. The van der Waals surface area contributed by atoms with Crippen LogP contribution in [0.5, 0.6) is 0 Å². The molecule has 2 amide bonds.